The highest BCUT2D eigenvalue weighted by atomic mass is 16.6. The van der Waals surface area contributed by atoms with E-state index in [0.29, 0.717) is 19.4 Å². The molecular formula is C13H18N2O4. The summed E-state index contributed by atoms with van der Waals surface area (Å²) in [7, 11) is 0. The molecule has 0 saturated carbocycles. The molecule has 2 aliphatic rings. The van der Waals surface area contributed by atoms with Crippen molar-refractivity contribution in [1.29, 1.82) is 0 Å². The van der Waals surface area contributed by atoms with Gasteiger partial charge in [-0.05, 0) is 26.7 Å². The number of nitrogens with one attached hydrogen (secondary N) is 1. The molecule has 1 fully saturated rings. The lowest BCUT2D eigenvalue weighted by atomic mass is 9.85. The molecule has 1 N–H and O–H groups in total. The van der Waals surface area contributed by atoms with Gasteiger partial charge in [0.25, 0.3) is 5.91 Å². The van der Waals surface area contributed by atoms with E-state index in [-0.39, 0.29) is 23.7 Å². The number of fused-ring (bicyclic) bond motifs is 1. The number of carbonyl (C=O) groups excluding carboxylic acids is 3. The number of hydroxylamine groups is 1. The lowest BCUT2D eigenvalue weighted by molar-refractivity contribution is -0.151. The van der Waals surface area contributed by atoms with Crippen LogP contribution in [-0.4, -0.2) is 35.3 Å². The Bertz CT molecular complexity index is 406. The summed E-state index contributed by atoms with van der Waals surface area (Å²) in [6.07, 6.45) is 4.98. The number of hydrogen-bond donors (Lipinski definition) is 1. The molecule has 0 bridgehead atoms. The fourth-order valence-corrected chi connectivity index (χ4v) is 2.55. The maximum Gasteiger partial charge on any atom is 0.266 e. The van der Waals surface area contributed by atoms with Crippen LogP contribution in [0.4, 0.5) is 0 Å². The van der Waals surface area contributed by atoms with Crippen molar-refractivity contribution in [3.05, 3.63) is 12.2 Å². The first-order valence-corrected chi connectivity index (χ1v) is 6.51. The van der Waals surface area contributed by atoms with Crippen LogP contribution in [0.1, 0.15) is 26.7 Å². The maximum absolute atomic E-state index is 12.2. The smallest absolute Gasteiger partial charge is 0.266 e. The highest BCUT2D eigenvalue weighted by Crippen LogP contribution is 2.35. The van der Waals surface area contributed by atoms with Gasteiger partial charge in [-0.3, -0.25) is 24.1 Å². The fourth-order valence-electron chi connectivity index (χ4n) is 2.55. The Labute approximate surface area is 111 Å². The van der Waals surface area contributed by atoms with E-state index < -0.39 is 11.9 Å². The van der Waals surface area contributed by atoms with Crippen LogP contribution in [0.15, 0.2) is 12.2 Å². The van der Waals surface area contributed by atoms with E-state index in [2.05, 4.69) is 5.48 Å². The molecule has 6 heteroatoms. The molecule has 0 aromatic rings. The molecule has 3 amide bonds. The molecular weight excluding hydrogens is 248 g/mol. The zero-order valence-corrected chi connectivity index (χ0v) is 11.1. The average molecular weight is 266 g/mol. The Morgan fingerprint density at radius 3 is 2.37 bits per heavy atom. The van der Waals surface area contributed by atoms with Gasteiger partial charge in [-0.2, -0.15) is 0 Å². The Hall–Kier alpha value is -1.69. The molecule has 1 heterocycles. The monoisotopic (exact) mass is 266 g/mol. The first-order chi connectivity index (χ1) is 9.07. The van der Waals surface area contributed by atoms with Crippen LogP contribution in [-0.2, 0) is 19.2 Å². The van der Waals surface area contributed by atoms with Crippen LogP contribution in [0.5, 0.6) is 0 Å². The van der Waals surface area contributed by atoms with E-state index in [9.17, 15) is 14.4 Å². The van der Waals surface area contributed by atoms with E-state index in [4.69, 9.17) is 4.84 Å². The van der Waals surface area contributed by atoms with Crippen molar-refractivity contribution in [2.45, 2.75) is 32.7 Å². The first kappa shape index (κ1) is 13.7. The molecule has 0 radical (unpaired) electrons. The minimum atomic E-state index is -0.836. The van der Waals surface area contributed by atoms with Gasteiger partial charge in [-0.15, -0.1) is 0 Å². The Balaban J connectivity index is 2.10. The summed E-state index contributed by atoms with van der Waals surface area (Å²) in [5, 5.41) is 0. The lowest BCUT2D eigenvalue weighted by Crippen LogP contribution is -2.48. The molecule has 6 nitrogen and oxygen atoms in total. The van der Waals surface area contributed by atoms with E-state index in [1.165, 1.54) is 6.92 Å². The Morgan fingerprint density at radius 2 is 1.89 bits per heavy atom. The number of likely N-dealkylation sites (tertiary alicyclic amines) is 1. The molecule has 1 saturated heterocycles. The van der Waals surface area contributed by atoms with Gasteiger partial charge < -0.3 is 0 Å². The summed E-state index contributed by atoms with van der Waals surface area (Å²) >= 11 is 0. The molecule has 104 valence electrons. The standard InChI is InChI=1S/C13H18N2O4/c1-3-19-14-11(16)8(2)15-12(17)9-6-4-5-7-10(9)13(15)18/h4-5,8-10H,3,6-7H2,1-2H3,(H,14,16)/t8-,9-,10+/m1/s1. The van der Waals surface area contributed by atoms with Crippen molar-refractivity contribution in [3.63, 3.8) is 0 Å². The number of imide groups is 1. The topological polar surface area (TPSA) is 75.7 Å². The summed E-state index contributed by atoms with van der Waals surface area (Å²) in [4.78, 5) is 42.1. The van der Waals surface area contributed by atoms with E-state index in [1.807, 2.05) is 12.2 Å². The predicted molar refractivity (Wildman–Crippen MR) is 66.4 cm³/mol. The molecule has 0 aromatic heterocycles. The van der Waals surface area contributed by atoms with Gasteiger partial charge >= 0.3 is 0 Å². The number of amides is 3. The van der Waals surface area contributed by atoms with E-state index >= 15 is 0 Å². The Kier molecular flexibility index (Phi) is 3.99. The number of carbonyl (C=O) groups is 3. The molecule has 0 unspecified atom stereocenters. The molecule has 1 aliphatic carbocycles. The van der Waals surface area contributed by atoms with Gasteiger partial charge in [-0.1, -0.05) is 12.2 Å². The molecule has 2 rings (SSSR count). The molecule has 0 aromatic carbocycles. The third-order valence-electron chi connectivity index (χ3n) is 3.63. The zero-order valence-electron chi connectivity index (χ0n) is 11.1. The summed E-state index contributed by atoms with van der Waals surface area (Å²) in [6.45, 7) is 3.60. The second-order valence-corrected chi connectivity index (χ2v) is 4.78. The van der Waals surface area contributed by atoms with Crippen molar-refractivity contribution in [2.24, 2.45) is 11.8 Å². The van der Waals surface area contributed by atoms with Crippen LogP contribution < -0.4 is 5.48 Å². The third kappa shape index (κ3) is 2.40. The SMILES string of the molecule is CCONC(=O)[C@@H](C)N1C(=O)[C@H]2CC=CC[C@H]2C1=O. The average Bonchev–Trinajstić information content (AvgIpc) is 2.68. The quantitative estimate of drug-likeness (QED) is 0.454. The number of allylic oxidation sites excluding steroid dienone is 2. The van der Waals surface area contributed by atoms with Crippen molar-refractivity contribution in [1.82, 2.24) is 10.4 Å². The highest BCUT2D eigenvalue weighted by Gasteiger charge is 2.50. The van der Waals surface area contributed by atoms with Crippen molar-refractivity contribution in [3.8, 4) is 0 Å². The largest absolute Gasteiger partial charge is 0.274 e. The van der Waals surface area contributed by atoms with Crippen molar-refractivity contribution < 1.29 is 19.2 Å². The van der Waals surface area contributed by atoms with E-state index in [1.54, 1.807) is 6.92 Å². The van der Waals surface area contributed by atoms with Crippen molar-refractivity contribution in [2.75, 3.05) is 6.61 Å². The van der Waals surface area contributed by atoms with Gasteiger partial charge in [0.05, 0.1) is 18.4 Å². The minimum Gasteiger partial charge on any atom is -0.274 e. The summed E-state index contributed by atoms with van der Waals surface area (Å²) < 4.78 is 0. The summed E-state index contributed by atoms with van der Waals surface area (Å²) in [6, 6.07) is -0.836. The normalized spacial score (nSPS) is 27.4. The van der Waals surface area contributed by atoms with Crippen LogP contribution >= 0.6 is 0 Å². The molecule has 3 atom stereocenters. The lowest BCUT2D eigenvalue weighted by Gasteiger charge is -2.21. The molecule has 1 aliphatic heterocycles. The van der Waals surface area contributed by atoms with Gasteiger partial charge in [0, 0.05) is 0 Å². The van der Waals surface area contributed by atoms with Crippen molar-refractivity contribution >= 4 is 17.7 Å². The second kappa shape index (κ2) is 5.52. The summed E-state index contributed by atoms with van der Waals surface area (Å²) in [5.74, 6) is -1.59. The van der Waals surface area contributed by atoms with Crippen LogP contribution in [0, 0.1) is 11.8 Å². The minimum absolute atomic E-state index is 0.251. The summed E-state index contributed by atoms with van der Waals surface area (Å²) in [5.41, 5.74) is 2.23. The number of nitrogens with zero attached hydrogens (tertiary/aromatic N) is 1. The maximum atomic E-state index is 12.2. The molecule has 0 spiro atoms. The van der Waals surface area contributed by atoms with Crippen LogP contribution in [0.25, 0.3) is 0 Å². The fraction of sp³-hybridized carbons (Fsp3) is 0.615. The van der Waals surface area contributed by atoms with Crippen LogP contribution in [0.2, 0.25) is 0 Å². The number of rotatable bonds is 4. The number of hydrogen-bond acceptors (Lipinski definition) is 4. The first-order valence-electron chi connectivity index (χ1n) is 6.51. The zero-order chi connectivity index (χ0) is 14.0. The van der Waals surface area contributed by atoms with Crippen LogP contribution in [0.3, 0.4) is 0 Å². The van der Waals surface area contributed by atoms with Gasteiger partial charge in [0.1, 0.15) is 6.04 Å². The third-order valence-corrected chi connectivity index (χ3v) is 3.63. The van der Waals surface area contributed by atoms with Gasteiger partial charge in [0.2, 0.25) is 11.8 Å². The van der Waals surface area contributed by atoms with Gasteiger partial charge in [-0.25, -0.2) is 5.48 Å². The van der Waals surface area contributed by atoms with E-state index in [0.717, 1.165) is 4.90 Å². The highest BCUT2D eigenvalue weighted by molar-refractivity contribution is 6.08. The van der Waals surface area contributed by atoms with Gasteiger partial charge in [0.15, 0.2) is 0 Å². The predicted octanol–water partition coefficient (Wildman–Crippen LogP) is 0.394. The Morgan fingerprint density at radius 1 is 1.37 bits per heavy atom. The second-order valence-electron chi connectivity index (χ2n) is 4.78. The molecule has 19 heavy (non-hydrogen) atoms.